The lowest BCUT2D eigenvalue weighted by Gasteiger charge is -2.24. The molecule has 0 spiro atoms. The highest BCUT2D eigenvalue weighted by atomic mass is 35.5. The molecule has 0 atom stereocenters. The van der Waals surface area contributed by atoms with Crippen LogP contribution in [0.5, 0.6) is 0 Å². The number of nitrogens with zero attached hydrogens (tertiary/aromatic N) is 1. The molecule has 5 nitrogen and oxygen atoms in total. The lowest BCUT2D eigenvalue weighted by atomic mass is 10.1. The van der Waals surface area contributed by atoms with Crippen molar-refractivity contribution in [3.63, 3.8) is 0 Å². The summed E-state index contributed by atoms with van der Waals surface area (Å²) in [6.45, 7) is 4.05. The molecule has 1 N–H and O–H groups in total. The number of nitrogens with one attached hydrogen (secondary N) is 1. The van der Waals surface area contributed by atoms with E-state index < -0.39 is 10.0 Å². The minimum Gasteiger partial charge on any atom is -0.322 e. The van der Waals surface area contributed by atoms with E-state index in [0.717, 1.165) is 23.1 Å². The van der Waals surface area contributed by atoms with Gasteiger partial charge in [0.25, 0.3) is 5.91 Å². The SMILES string of the molecule is Cc1ccc(NC(=O)c2ccc(CN(c3cccc(Cl)c3Cl)S(C)(=O)=O)cc2)cc1C. The summed E-state index contributed by atoms with van der Waals surface area (Å²) in [5.74, 6) is -0.243. The summed E-state index contributed by atoms with van der Waals surface area (Å²) in [6.07, 6.45) is 1.11. The van der Waals surface area contributed by atoms with Gasteiger partial charge in [-0.1, -0.05) is 47.5 Å². The molecule has 31 heavy (non-hydrogen) atoms. The predicted molar refractivity (Wildman–Crippen MR) is 128 cm³/mol. The van der Waals surface area contributed by atoms with Crippen LogP contribution in [-0.4, -0.2) is 20.6 Å². The molecule has 0 aliphatic carbocycles. The number of aryl methyl sites for hydroxylation is 2. The number of hydrogen-bond acceptors (Lipinski definition) is 3. The van der Waals surface area contributed by atoms with Crippen LogP contribution in [0.25, 0.3) is 0 Å². The lowest BCUT2D eigenvalue weighted by molar-refractivity contribution is 0.102. The maximum Gasteiger partial charge on any atom is 0.255 e. The fraction of sp³-hybridized carbons (Fsp3) is 0.174. The molecule has 0 unspecified atom stereocenters. The van der Waals surface area contributed by atoms with E-state index in [0.29, 0.717) is 16.8 Å². The first kappa shape index (κ1) is 23.1. The molecular weight excluding hydrogens is 455 g/mol. The molecule has 3 rings (SSSR count). The Kier molecular flexibility index (Phi) is 6.94. The van der Waals surface area contributed by atoms with Gasteiger partial charge in [0.15, 0.2) is 0 Å². The molecule has 3 aromatic rings. The van der Waals surface area contributed by atoms with Crippen LogP contribution >= 0.6 is 23.2 Å². The maximum atomic E-state index is 12.6. The molecule has 0 fully saturated rings. The molecule has 0 aliphatic heterocycles. The van der Waals surface area contributed by atoms with Crippen molar-refractivity contribution in [3.05, 3.63) is 93.0 Å². The number of halogens is 2. The van der Waals surface area contributed by atoms with Gasteiger partial charge in [0, 0.05) is 11.3 Å². The molecule has 0 aromatic heterocycles. The molecule has 0 aliphatic rings. The number of hydrogen-bond donors (Lipinski definition) is 1. The van der Waals surface area contributed by atoms with Crippen molar-refractivity contribution in [1.29, 1.82) is 0 Å². The molecule has 1 amide bonds. The van der Waals surface area contributed by atoms with Gasteiger partial charge < -0.3 is 5.32 Å². The molecule has 0 bridgehead atoms. The highest BCUT2D eigenvalue weighted by molar-refractivity contribution is 7.92. The normalized spacial score (nSPS) is 11.3. The minimum atomic E-state index is -3.62. The summed E-state index contributed by atoms with van der Waals surface area (Å²) < 4.78 is 26.0. The third kappa shape index (κ3) is 5.58. The Morgan fingerprint density at radius 1 is 0.968 bits per heavy atom. The van der Waals surface area contributed by atoms with Crippen LogP contribution in [0, 0.1) is 13.8 Å². The lowest BCUT2D eigenvalue weighted by Crippen LogP contribution is -2.29. The smallest absolute Gasteiger partial charge is 0.255 e. The number of carbonyl (C=O) groups is 1. The van der Waals surface area contributed by atoms with Gasteiger partial charge in [-0.3, -0.25) is 9.10 Å². The Balaban J connectivity index is 1.80. The van der Waals surface area contributed by atoms with Crippen molar-refractivity contribution in [2.75, 3.05) is 15.9 Å². The number of amides is 1. The van der Waals surface area contributed by atoms with Gasteiger partial charge in [-0.15, -0.1) is 0 Å². The number of carbonyl (C=O) groups excluding carboxylic acids is 1. The Morgan fingerprint density at radius 3 is 2.26 bits per heavy atom. The molecule has 8 heteroatoms. The van der Waals surface area contributed by atoms with Gasteiger partial charge in [0.1, 0.15) is 0 Å². The molecule has 0 heterocycles. The fourth-order valence-electron chi connectivity index (χ4n) is 3.02. The van der Waals surface area contributed by atoms with Crippen LogP contribution in [0.2, 0.25) is 10.0 Å². The average Bonchev–Trinajstić information content (AvgIpc) is 2.71. The van der Waals surface area contributed by atoms with Crippen molar-refractivity contribution in [2.24, 2.45) is 0 Å². The standard InChI is InChI=1S/C23H22Cl2N2O3S/c1-15-7-12-19(13-16(15)2)26-23(28)18-10-8-17(9-11-18)14-27(31(3,29)30)21-6-4-5-20(24)22(21)25/h4-13H,14H2,1-3H3,(H,26,28). The van der Waals surface area contributed by atoms with E-state index in [1.165, 1.54) is 4.31 Å². The third-order valence-corrected chi connectivity index (χ3v) is 6.84. The Labute approximate surface area is 192 Å². The molecular formula is C23H22Cl2N2O3S. The molecule has 0 radical (unpaired) electrons. The van der Waals surface area contributed by atoms with E-state index in [2.05, 4.69) is 5.32 Å². The summed E-state index contributed by atoms with van der Waals surface area (Å²) in [7, 11) is -3.62. The second-order valence-corrected chi connectivity index (χ2v) is 9.98. The summed E-state index contributed by atoms with van der Waals surface area (Å²) >= 11 is 12.3. The number of benzene rings is 3. The van der Waals surface area contributed by atoms with Crippen LogP contribution in [0.15, 0.2) is 60.7 Å². The third-order valence-electron chi connectivity index (χ3n) is 4.91. The van der Waals surface area contributed by atoms with Crippen molar-refractivity contribution in [3.8, 4) is 0 Å². The van der Waals surface area contributed by atoms with E-state index in [9.17, 15) is 13.2 Å². The summed E-state index contributed by atoms with van der Waals surface area (Å²) in [4.78, 5) is 12.6. The summed E-state index contributed by atoms with van der Waals surface area (Å²) in [5.41, 5.74) is 4.42. The van der Waals surface area contributed by atoms with Gasteiger partial charge in [-0.05, 0) is 66.9 Å². The molecule has 162 valence electrons. The number of sulfonamides is 1. The first-order valence-corrected chi connectivity index (χ1v) is 12.1. The average molecular weight is 477 g/mol. The first-order chi connectivity index (χ1) is 14.6. The van der Waals surface area contributed by atoms with Crippen molar-refractivity contribution < 1.29 is 13.2 Å². The maximum absolute atomic E-state index is 12.6. The van der Waals surface area contributed by atoms with E-state index in [-0.39, 0.29) is 22.5 Å². The first-order valence-electron chi connectivity index (χ1n) is 9.45. The van der Waals surface area contributed by atoms with E-state index >= 15 is 0 Å². The van der Waals surface area contributed by atoms with Crippen LogP contribution in [-0.2, 0) is 16.6 Å². The van der Waals surface area contributed by atoms with Crippen molar-refractivity contribution in [2.45, 2.75) is 20.4 Å². The minimum absolute atomic E-state index is 0.0535. The highest BCUT2D eigenvalue weighted by Gasteiger charge is 2.21. The Hall–Kier alpha value is -2.54. The van der Waals surface area contributed by atoms with E-state index in [1.807, 2.05) is 32.0 Å². The van der Waals surface area contributed by atoms with Crippen molar-refractivity contribution >= 4 is 50.5 Å². The Bertz CT molecular complexity index is 1230. The topological polar surface area (TPSA) is 66.5 Å². The molecule has 0 saturated carbocycles. The molecule has 3 aromatic carbocycles. The largest absolute Gasteiger partial charge is 0.322 e. The zero-order chi connectivity index (χ0) is 22.8. The highest BCUT2D eigenvalue weighted by Crippen LogP contribution is 2.34. The molecule has 0 saturated heterocycles. The fourth-order valence-corrected chi connectivity index (χ4v) is 4.36. The number of anilines is 2. The predicted octanol–water partition coefficient (Wildman–Crippen LogP) is 5.83. The zero-order valence-corrected chi connectivity index (χ0v) is 19.6. The van der Waals surface area contributed by atoms with Crippen LogP contribution < -0.4 is 9.62 Å². The second kappa shape index (κ2) is 9.30. The van der Waals surface area contributed by atoms with Crippen LogP contribution in [0.4, 0.5) is 11.4 Å². The van der Waals surface area contributed by atoms with Crippen molar-refractivity contribution in [1.82, 2.24) is 0 Å². The number of rotatable bonds is 6. The zero-order valence-electron chi connectivity index (χ0n) is 17.3. The van der Waals surface area contributed by atoms with Gasteiger partial charge in [0.2, 0.25) is 10.0 Å². The van der Waals surface area contributed by atoms with Gasteiger partial charge in [-0.2, -0.15) is 0 Å². The Morgan fingerprint density at radius 2 is 1.65 bits per heavy atom. The van der Waals surface area contributed by atoms with Gasteiger partial charge >= 0.3 is 0 Å². The van der Waals surface area contributed by atoms with Gasteiger partial charge in [-0.25, -0.2) is 8.42 Å². The summed E-state index contributed by atoms with van der Waals surface area (Å²) in [6, 6.07) is 17.3. The van der Waals surface area contributed by atoms with Crippen LogP contribution in [0.3, 0.4) is 0 Å². The van der Waals surface area contributed by atoms with E-state index in [4.69, 9.17) is 23.2 Å². The summed E-state index contributed by atoms with van der Waals surface area (Å²) in [5, 5.41) is 3.31. The van der Waals surface area contributed by atoms with Gasteiger partial charge in [0.05, 0.1) is 28.5 Å². The monoisotopic (exact) mass is 476 g/mol. The second-order valence-electron chi connectivity index (χ2n) is 7.29. The van der Waals surface area contributed by atoms with Crippen LogP contribution in [0.1, 0.15) is 27.0 Å². The quantitative estimate of drug-likeness (QED) is 0.486. The van der Waals surface area contributed by atoms with E-state index in [1.54, 1.807) is 42.5 Å².